The molecule has 2 aromatic rings. The molecule has 1 amide bonds. The van der Waals surface area contributed by atoms with Crippen molar-refractivity contribution >= 4 is 27.7 Å². The van der Waals surface area contributed by atoms with Gasteiger partial charge in [-0.05, 0) is 41.8 Å². The number of hydrogen-bond acceptors (Lipinski definition) is 4. The largest absolute Gasteiger partial charge is 0.433 e. The predicted octanol–water partition coefficient (Wildman–Crippen LogP) is 4.03. The number of nitrogens with zero attached hydrogens (tertiary/aromatic N) is 1. The molecule has 2 N–H and O–H groups in total. The summed E-state index contributed by atoms with van der Waals surface area (Å²) >= 11 is 0. The van der Waals surface area contributed by atoms with Gasteiger partial charge in [0, 0.05) is 18.3 Å². The average molecular weight is 477 g/mol. The van der Waals surface area contributed by atoms with Gasteiger partial charge >= 0.3 is 6.18 Å². The maximum atomic E-state index is 14.0. The number of hydrogen-bond donors (Lipinski definition) is 2. The third-order valence-corrected chi connectivity index (χ3v) is 4.63. The van der Waals surface area contributed by atoms with Crippen LogP contribution in [-0.2, 0) is 34.0 Å². The van der Waals surface area contributed by atoms with E-state index in [1.54, 1.807) is 11.6 Å². The Hall–Kier alpha value is -3.02. The van der Waals surface area contributed by atoms with Gasteiger partial charge in [-0.2, -0.15) is 13.2 Å². The van der Waals surface area contributed by atoms with Crippen LogP contribution in [0.3, 0.4) is 0 Å². The van der Waals surface area contributed by atoms with Crippen LogP contribution in [0, 0.1) is 11.6 Å². The molecule has 32 heavy (non-hydrogen) atoms. The van der Waals surface area contributed by atoms with Gasteiger partial charge in [-0.25, -0.2) is 22.2 Å². The van der Waals surface area contributed by atoms with Crippen molar-refractivity contribution in [2.45, 2.75) is 32.5 Å². The summed E-state index contributed by atoms with van der Waals surface area (Å²) in [7, 11) is -3.89. The van der Waals surface area contributed by atoms with Gasteiger partial charge in [0.25, 0.3) is 0 Å². The Balaban J connectivity index is 2.10. The zero-order chi connectivity index (χ0) is 24.1. The Bertz CT molecular complexity index is 1110. The summed E-state index contributed by atoms with van der Waals surface area (Å²) in [6, 6.07) is 3.75. The van der Waals surface area contributed by atoms with Crippen molar-refractivity contribution in [3.05, 3.63) is 64.5 Å². The molecule has 0 saturated carbocycles. The highest BCUT2D eigenvalue weighted by Gasteiger charge is 2.32. The Morgan fingerprint density at radius 1 is 1.16 bits per heavy atom. The lowest BCUT2D eigenvalue weighted by atomic mass is 10.1. The minimum atomic E-state index is -4.58. The van der Waals surface area contributed by atoms with Crippen LogP contribution in [0.15, 0.2) is 30.3 Å². The number of carbonyl (C=O) groups is 1. The number of amides is 1. The van der Waals surface area contributed by atoms with Crippen molar-refractivity contribution in [3.63, 3.8) is 0 Å². The topological polar surface area (TPSA) is 88.2 Å². The van der Waals surface area contributed by atoms with E-state index in [0.717, 1.165) is 30.5 Å². The quantitative estimate of drug-likeness (QED) is 0.444. The number of nitrogens with one attached hydrogen (secondary N) is 2. The van der Waals surface area contributed by atoms with Crippen LogP contribution in [0.1, 0.15) is 35.9 Å². The number of sulfonamides is 1. The lowest BCUT2D eigenvalue weighted by Gasteiger charge is -2.10. The van der Waals surface area contributed by atoms with E-state index < -0.39 is 45.1 Å². The highest BCUT2D eigenvalue weighted by atomic mass is 32.2. The van der Waals surface area contributed by atoms with E-state index >= 15 is 0 Å². The summed E-state index contributed by atoms with van der Waals surface area (Å²) in [5.74, 6) is -2.97. The molecular weight excluding hydrogens is 457 g/mol. The van der Waals surface area contributed by atoms with Crippen LogP contribution >= 0.6 is 0 Å². The lowest BCUT2D eigenvalue weighted by Crippen LogP contribution is -2.21. The number of halogens is 5. The highest BCUT2D eigenvalue weighted by molar-refractivity contribution is 7.92. The van der Waals surface area contributed by atoms with Gasteiger partial charge in [0.05, 0.1) is 6.26 Å². The molecule has 0 aliphatic heterocycles. The molecule has 0 aliphatic carbocycles. The Kier molecular flexibility index (Phi) is 7.94. The molecule has 2 rings (SSSR count). The standard InChI is InChI=1S/C20H20F5N3O3S/c1-3-4-16-13(5-7-17(27-16)20(23,24)25)6-8-18(29)26-11-12-9-14(21)19(15(22)10-12)28-32(2,30)31/h5-10,28H,3-4,11H2,1-2H3,(H,26,29)/b8-6+. The van der Waals surface area contributed by atoms with Gasteiger partial charge in [0.15, 0.2) is 11.6 Å². The minimum absolute atomic E-state index is 0.0312. The predicted molar refractivity (Wildman–Crippen MR) is 109 cm³/mol. The van der Waals surface area contributed by atoms with E-state index in [4.69, 9.17) is 0 Å². The first-order valence-electron chi connectivity index (χ1n) is 9.29. The van der Waals surface area contributed by atoms with Crippen molar-refractivity contribution in [1.29, 1.82) is 0 Å². The van der Waals surface area contributed by atoms with Crippen molar-refractivity contribution in [3.8, 4) is 0 Å². The van der Waals surface area contributed by atoms with E-state index in [-0.39, 0.29) is 24.2 Å². The number of aromatic nitrogens is 1. The zero-order valence-electron chi connectivity index (χ0n) is 17.1. The molecule has 1 heterocycles. The van der Waals surface area contributed by atoms with E-state index in [1.807, 2.05) is 0 Å². The molecule has 0 atom stereocenters. The molecule has 1 aromatic heterocycles. The smallest absolute Gasteiger partial charge is 0.348 e. The molecule has 12 heteroatoms. The van der Waals surface area contributed by atoms with Gasteiger partial charge in [0.2, 0.25) is 15.9 Å². The van der Waals surface area contributed by atoms with Gasteiger partial charge in [0.1, 0.15) is 11.4 Å². The first-order valence-corrected chi connectivity index (χ1v) is 11.2. The highest BCUT2D eigenvalue weighted by Crippen LogP contribution is 2.29. The number of benzene rings is 1. The second-order valence-electron chi connectivity index (χ2n) is 6.84. The number of alkyl halides is 3. The molecule has 0 bridgehead atoms. The second-order valence-corrected chi connectivity index (χ2v) is 8.59. The number of anilines is 1. The molecule has 6 nitrogen and oxygen atoms in total. The minimum Gasteiger partial charge on any atom is -0.348 e. The second kappa shape index (κ2) is 10.1. The molecule has 0 unspecified atom stereocenters. The van der Waals surface area contributed by atoms with Gasteiger partial charge in [-0.3, -0.25) is 9.52 Å². The van der Waals surface area contributed by atoms with Crippen LogP contribution in [0.5, 0.6) is 0 Å². The van der Waals surface area contributed by atoms with Crippen molar-refractivity contribution in [2.75, 3.05) is 11.0 Å². The zero-order valence-corrected chi connectivity index (χ0v) is 17.9. The molecule has 0 saturated heterocycles. The number of pyridine rings is 1. The normalized spacial score (nSPS) is 12.2. The molecular formula is C20H20F5N3O3S. The Morgan fingerprint density at radius 2 is 1.78 bits per heavy atom. The SMILES string of the molecule is CCCc1nc(C(F)(F)F)ccc1/C=C/C(=O)NCc1cc(F)c(NS(C)(=O)=O)c(F)c1. The summed E-state index contributed by atoms with van der Waals surface area (Å²) in [5, 5.41) is 2.38. The summed E-state index contributed by atoms with van der Waals surface area (Å²) in [6.07, 6.45) is -0.659. The summed E-state index contributed by atoms with van der Waals surface area (Å²) < 4.78 is 90.6. The van der Waals surface area contributed by atoms with E-state index in [0.29, 0.717) is 12.0 Å². The summed E-state index contributed by atoms with van der Waals surface area (Å²) in [4.78, 5) is 15.7. The molecule has 174 valence electrons. The van der Waals surface area contributed by atoms with Crippen LogP contribution in [0.2, 0.25) is 0 Å². The Morgan fingerprint density at radius 3 is 2.31 bits per heavy atom. The molecule has 0 spiro atoms. The number of rotatable bonds is 8. The third kappa shape index (κ3) is 7.29. The fourth-order valence-corrected chi connectivity index (χ4v) is 3.25. The summed E-state index contributed by atoms with van der Waals surface area (Å²) in [6.45, 7) is 1.50. The first kappa shape index (κ1) is 25.2. The van der Waals surface area contributed by atoms with Crippen molar-refractivity contribution < 1.29 is 35.2 Å². The van der Waals surface area contributed by atoms with Gasteiger partial charge in [-0.15, -0.1) is 0 Å². The van der Waals surface area contributed by atoms with E-state index in [2.05, 4.69) is 10.3 Å². The molecule has 0 fully saturated rings. The lowest BCUT2D eigenvalue weighted by molar-refractivity contribution is -0.141. The van der Waals surface area contributed by atoms with Gasteiger partial charge < -0.3 is 5.32 Å². The van der Waals surface area contributed by atoms with Crippen LogP contribution in [0.4, 0.5) is 27.6 Å². The van der Waals surface area contributed by atoms with Crippen LogP contribution in [-0.4, -0.2) is 25.6 Å². The average Bonchev–Trinajstić information content (AvgIpc) is 2.67. The summed E-state index contributed by atoms with van der Waals surface area (Å²) in [5.41, 5.74) is -1.31. The molecule has 0 radical (unpaired) electrons. The van der Waals surface area contributed by atoms with E-state index in [1.165, 1.54) is 12.1 Å². The third-order valence-electron chi connectivity index (χ3n) is 4.06. The fraction of sp³-hybridized carbons (Fsp3) is 0.300. The maximum absolute atomic E-state index is 14.0. The monoisotopic (exact) mass is 477 g/mol. The maximum Gasteiger partial charge on any atom is 0.433 e. The van der Waals surface area contributed by atoms with Crippen molar-refractivity contribution in [1.82, 2.24) is 10.3 Å². The first-order chi connectivity index (χ1) is 14.8. The number of carbonyl (C=O) groups excluding carboxylic acids is 1. The van der Waals surface area contributed by atoms with Crippen LogP contribution < -0.4 is 10.0 Å². The fourth-order valence-electron chi connectivity index (χ4n) is 2.68. The van der Waals surface area contributed by atoms with E-state index in [9.17, 15) is 35.2 Å². The molecule has 0 aliphatic rings. The van der Waals surface area contributed by atoms with Crippen molar-refractivity contribution in [2.24, 2.45) is 0 Å². The number of aryl methyl sites for hydroxylation is 1. The molecule has 1 aromatic carbocycles. The van der Waals surface area contributed by atoms with Crippen LogP contribution in [0.25, 0.3) is 6.08 Å². The van der Waals surface area contributed by atoms with Gasteiger partial charge in [-0.1, -0.05) is 19.4 Å². The Labute approximate surface area is 181 Å².